The molecule has 0 aliphatic carbocycles. The third kappa shape index (κ3) is 3.41. The molecule has 1 unspecified atom stereocenters. The summed E-state index contributed by atoms with van der Waals surface area (Å²) in [6.45, 7) is 2.04. The minimum Gasteiger partial charge on any atom is -0.496 e. The van der Waals surface area contributed by atoms with Crippen molar-refractivity contribution in [3.8, 4) is 5.75 Å². The van der Waals surface area contributed by atoms with E-state index in [4.69, 9.17) is 16.3 Å². The summed E-state index contributed by atoms with van der Waals surface area (Å²) in [7, 11) is 1.65. The van der Waals surface area contributed by atoms with Crippen molar-refractivity contribution in [1.82, 2.24) is 0 Å². The van der Waals surface area contributed by atoms with Gasteiger partial charge in [-0.3, -0.25) is 0 Å². The Kier molecular flexibility index (Phi) is 5.57. The van der Waals surface area contributed by atoms with Crippen LogP contribution in [0.3, 0.4) is 0 Å². The van der Waals surface area contributed by atoms with Crippen LogP contribution in [0.15, 0.2) is 43.7 Å². The highest BCUT2D eigenvalue weighted by Gasteiger charge is 2.19. The van der Waals surface area contributed by atoms with Crippen LogP contribution in [0.5, 0.6) is 5.75 Å². The first-order valence-electron chi connectivity index (χ1n) is 5.87. The summed E-state index contributed by atoms with van der Waals surface area (Å²) in [6.07, 6.45) is 0. The van der Waals surface area contributed by atoms with Gasteiger partial charge in [-0.25, -0.2) is 0 Å². The standard InChI is InChI=1S/C15H12Br3ClO/c1-8-5-13(18)11(7-12(8)17)15(19)10-4-3-9(16)6-14(10)20-2/h3-7,15H,1-2H3. The van der Waals surface area contributed by atoms with Gasteiger partial charge in [0.1, 0.15) is 5.75 Å². The van der Waals surface area contributed by atoms with Crippen LogP contribution in [0, 0.1) is 6.92 Å². The second-order valence-corrected chi connectivity index (χ2v) is 7.43. The molecule has 1 nitrogen and oxygen atoms in total. The summed E-state index contributed by atoms with van der Waals surface area (Å²) in [5, 5.41) is -0.288. The Labute approximate surface area is 149 Å². The number of halogens is 4. The first-order valence-corrected chi connectivity index (χ1v) is 8.68. The Morgan fingerprint density at radius 2 is 1.70 bits per heavy atom. The SMILES string of the molecule is COc1cc(Br)ccc1C(Cl)c1cc(Br)c(C)cc1Br. The van der Waals surface area contributed by atoms with Gasteiger partial charge in [0.25, 0.3) is 0 Å². The summed E-state index contributed by atoms with van der Waals surface area (Å²) in [4.78, 5) is 0. The fraction of sp³-hybridized carbons (Fsp3) is 0.200. The maximum absolute atomic E-state index is 6.65. The number of benzene rings is 2. The molecular weight excluding hydrogens is 471 g/mol. The molecule has 0 saturated heterocycles. The molecule has 0 N–H and O–H groups in total. The van der Waals surface area contributed by atoms with Gasteiger partial charge in [-0.15, -0.1) is 11.6 Å². The van der Waals surface area contributed by atoms with E-state index in [0.717, 1.165) is 35.9 Å². The van der Waals surface area contributed by atoms with Crippen LogP contribution in [0.25, 0.3) is 0 Å². The monoisotopic (exact) mass is 480 g/mol. The molecule has 2 aromatic rings. The number of alkyl halides is 1. The molecule has 0 amide bonds. The second-order valence-electron chi connectivity index (χ2n) is 4.37. The lowest BCUT2D eigenvalue weighted by molar-refractivity contribution is 0.410. The molecule has 1 atom stereocenters. The molecule has 20 heavy (non-hydrogen) atoms. The summed E-state index contributed by atoms with van der Waals surface area (Å²) in [6, 6.07) is 9.95. The van der Waals surface area contributed by atoms with Crippen molar-refractivity contribution in [3.05, 3.63) is 60.4 Å². The van der Waals surface area contributed by atoms with Crippen LogP contribution in [-0.4, -0.2) is 7.11 Å². The van der Waals surface area contributed by atoms with Crippen molar-refractivity contribution < 1.29 is 4.74 Å². The quantitative estimate of drug-likeness (QED) is 0.446. The van der Waals surface area contributed by atoms with E-state index in [1.54, 1.807) is 7.11 Å². The second kappa shape index (κ2) is 6.82. The van der Waals surface area contributed by atoms with Crippen LogP contribution in [-0.2, 0) is 0 Å². The highest BCUT2D eigenvalue weighted by atomic mass is 79.9. The molecule has 0 aliphatic heterocycles. The van der Waals surface area contributed by atoms with Crippen molar-refractivity contribution in [3.63, 3.8) is 0 Å². The summed E-state index contributed by atoms with van der Waals surface area (Å²) >= 11 is 17.2. The Morgan fingerprint density at radius 1 is 1.00 bits per heavy atom. The summed E-state index contributed by atoms with van der Waals surface area (Å²) in [5.41, 5.74) is 3.10. The molecule has 0 bridgehead atoms. The van der Waals surface area contributed by atoms with E-state index < -0.39 is 0 Å². The molecule has 2 rings (SSSR count). The maximum Gasteiger partial charge on any atom is 0.125 e. The summed E-state index contributed by atoms with van der Waals surface area (Å²) < 4.78 is 8.41. The average Bonchev–Trinajstić information content (AvgIpc) is 2.42. The van der Waals surface area contributed by atoms with E-state index in [-0.39, 0.29) is 5.38 Å². The van der Waals surface area contributed by atoms with Crippen LogP contribution in [0.1, 0.15) is 22.1 Å². The Morgan fingerprint density at radius 3 is 2.35 bits per heavy atom. The van der Waals surface area contributed by atoms with Gasteiger partial charge in [-0.2, -0.15) is 0 Å². The normalized spacial score (nSPS) is 12.3. The first kappa shape index (κ1) is 16.3. The van der Waals surface area contributed by atoms with Crippen molar-refractivity contribution in [2.75, 3.05) is 7.11 Å². The predicted octanol–water partition coefficient (Wildman–Crippen LogP) is 6.62. The topological polar surface area (TPSA) is 9.23 Å². The Balaban J connectivity index is 2.51. The van der Waals surface area contributed by atoms with E-state index in [2.05, 4.69) is 53.9 Å². The number of ether oxygens (including phenoxy) is 1. The molecular formula is C15H12Br3ClO. The third-order valence-electron chi connectivity index (χ3n) is 3.02. The minimum atomic E-state index is -0.288. The van der Waals surface area contributed by atoms with Crippen LogP contribution >= 0.6 is 59.4 Å². The predicted molar refractivity (Wildman–Crippen MR) is 95.0 cm³/mol. The lowest BCUT2D eigenvalue weighted by Gasteiger charge is -2.17. The van der Waals surface area contributed by atoms with Gasteiger partial charge in [0, 0.05) is 19.0 Å². The Bertz CT molecular complexity index is 643. The summed E-state index contributed by atoms with van der Waals surface area (Å²) in [5.74, 6) is 0.767. The lowest BCUT2D eigenvalue weighted by Crippen LogP contribution is -1.99. The van der Waals surface area contributed by atoms with E-state index in [1.807, 2.05) is 31.2 Å². The molecule has 0 fully saturated rings. The number of hydrogen-bond acceptors (Lipinski definition) is 1. The number of hydrogen-bond donors (Lipinski definition) is 0. The van der Waals surface area contributed by atoms with Crippen LogP contribution in [0.2, 0.25) is 0 Å². The zero-order valence-corrected chi connectivity index (χ0v) is 16.4. The third-order valence-corrected chi connectivity index (χ3v) is 5.52. The molecule has 106 valence electrons. The molecule has 0 radical (unpaired) electrons. The van der Waals surface area contributed by atoms with Gasteiger partial charge in [-0.1, -0.05) is 53.9 Å². The molecule has 0 aromatic heterocycles. The fourth-order valence-electron chi connectivity index (χ4n) is 1.92. The highest BCUT2D eigenvalue weighted by Crippen LogP contribution is 2.40. The molecule has 0 spiro atoms. The van der Waals surface area contributed by atoms with Crippen molar-refractivity contribution in [2.24, 2.45) is 0 Å². The number of rotatable bonds is 3. The fourth-order valence-corrected chi connectivity index (χ4v) is 3.80. The van der Waals surface area contributed by atoms with Crippen LogP contribution in [0.4, 0.5) is 0 Å². The van der Waals surface area contributed by atoms with E-state index >= 15 is 0 Å². The van der Waals surface area contributed by atoms with E-state index in [0.29, 0.717) is 0 Å². The average molecular weight is 483 g/mol. The zero-order valence-electron chi connectivity index (χ0n) is 10.9. The van der Waals surface area contributed by atoms with Gasteiger partial charge < -0.3 is 4.74 Å². The molecule has 0 saturated carbocycles. The number of aryl methyl sites for hydroxylation is 1. The van der Waals surface area contributed by atoms with Crippen LogP contribution < -0.4 is 4.74 Å². The molecule has 0 aliphatic rings. The first-order chi connectivity index (χ1) is 9.43. The molecule has 2 aromatic carbocycles. The van der Waals surface area contributed by atoms with Crippen molar-refractivity contribution in [2.45, 2.75) is 12.3 Å². The van der Waals surface area contributed by atoms with Crippen molar-refractivity contribution >= 4 is 59.4 Å². The smallest absolute Gasteiger partial charge is 0.125 e. The largest absolute Gasteiger partial charge is 0.496 e. The number of methoxy groups -OCH3 is 1. The Hall–Kier alpha value is -0.0300. The van der Waals surface area contributed by atoms with Crippen molar-refractivity contribution in [1.29, 1.82) is 0 Å². The van der Waals surface area contributed by atoms with Gasteiger partial charge in [-0.05, 0) is 42.3 Å². The zero-order chi connectivity index (χ0) is 14.9. The van der Waals surface area contributed by atoms with Gasteiger partial charge in [0.2, 0.25) is 0 Å². The highest BCUT2D eigenvalue weighted by molar-refractivity contribution is 9.11. The lowest BCUT2D eigenvalue weighted by atomic mass is 10.0. The van der Waals surface area contributed by atoms with E-state index in [9.17, 15) is 0 Å². The van der Waals surface area contributed by atoms with E-state index in [1.165, 1.54) is 0 Å². The molecule has 5 heteroatoms. The van der Waals surface area contributed by atoms with Gasteiger partial charge >= 0.3 is 0 Å². The molecule has 0 heterocycles. The maximum atomic E-state index is 6.65. The van der Waals surface area contributed by atoms with Gasteiger partial charge in [0.05, 0.1) is 12.5 Å². The van der Waals surface area contributed by atoms with Gasteiger partial charge in [0.15, 0.2) is 0 Å². The minimum absolute atomic E-state index is 0.288.